The second-order valence-electron chi connectivity index (χ2n) is 3.77. The van der Waals surface area contributed by atoms with Crippen molar-refractivity contribution in [2.45, 2.75) is 32.5 Å². The summed E-state index contributed by atoms with van der Waals surface area (Å²) in [6.07, 6.45) is 4.22. The monoisotopic (exact) mass is 199 g/mol. The van der Waals surface area contributed by atoms with Gasteiger partial charge in [0.1, 0.15) is 11.7 Å². The molecule has 0 bridgehead atoms. The molecule has 0 aliphatic heterocycles. The standard InChI is InChI=1S/C10H17NO3/c1-6-8(13-5)7-11-9(12)14-10(2,3)4/h1,8H,7H2,2-5H3,(H,11,12). The summed E-state index contributed by atoms with van der Waals surface area (Å²) in [6.45, 7) is 5.63. The first-order valence-corrected chi connectivity index (χ1v) is 4.35. The summed E-state index contributed by atoms with van der Waals surface area (Å²) in [5.74, 6) is 2.38. The summed E-state index contributed by atoms with van der Waals surface area (Å²) >= 11 is 0. The van der Waals surface area contributed by atoms with Gasteiger partial charge >= 0.3 is 6.09 Å². The van der Waals surface area contributed by atoms with Crippen LogP contribution in [0.4, 0.5) is 4.79 Å². The maximum absolute atomic E-state index is 11.1. The van der Waals surface area contributed by atoms with Crippen LogP contribution in [0.15, 0.2) is 0 Å². The lowest BCUT2D eigenvalue weighted by Gasteiger charge is -2.20. The van der Waals surface area contributed by atoms with Crippen molar-refractivity contribution in [2.24, 2.45) is 0 Å². The molecule has 0 aromatic rings. The molecule has 1 atom stereocenters. The summed E-state index contributed by atoms with van der Waals surface area (Å²) in [4.78, 5) is 11.1. The van der Waals surface area contributed by atoms with Gasteiger partial charge in [0, 0.05) is 7.11 Å². The molecule has 0 heterocycles. The highest BCUT2D eigenvalue weighted by atomic mass is 16.6. The quantitative estimate of drug-likeness (QED) is 0.694. The number of rotatable bonds is 3. The molecule has 1 amide bonds. The molecule has 14 heavy (non-hydrogen) atoms. The number of alkyl carbamates (subject to hydrolysis) is 1. The van der Waals surface area contributed by atoms with E-state index in [0.29, 0.717) is 0 Å². The van der Waals surface area contributed by atoms with Crippen LogP contribution in [0, 0.1) is 12.3 Å². The summed E-state index contributed by atoms with van der Waals surface area (Å²) < 4.78 is 9.88. The Morgan fingerprint density at radius 2 is 2.14 bits per heavy atom. The van der Waals surface area contributed by atoms with Crippen LogP contribution in [0.1, 0.15) is 20.8 Å². The molecule has 1 N–H and O–H groups in total. The van der Waals surface area contributed by atoms with E-state index in [2.05, 4.69) is 11.2 Å². The normalized spacial score (nSPS) is 12.8. The molecule has 4 heteroatoms. The van der Waals surface area contributed by atoms with E-state index in [-0.39, 0.29) is 6.54 Å². The van der Waals surface area contributed by atoms with Crippen molar-refractivity contribution < 1.29 is 14.3 Å². The summed E-state index contributed by atoms with van der Waals surface area (Å²) in [7, 11) is 1.49. The Labute approximate surface area is 85.0 Å². The van der Waals surface area contributed by atoms with E-state index < -0.39 is 17.8 Å². The fourth-order valence-corrected chi connectivity index (χ4v) is 0.701. The molecule has 1 unspecified atom stereocenters. The van der Waals surface area contributed by atoms with Gasteiger partial charge in [-0.1, -0.05) is 5.92 Å². The van der Waals surface area contributed by atoms with Gasteiger partial charge in [-0.25, -0.2) is 4.79 Å². The number of amides is 1. The maximum atomic E-state index is 11.1. The molecule has 0 aliphatic carbocycles. The van der Waals surface area contributed by atoms with E-state index in [4.69, 9.17) is 15.9 Å². The number of carbonyl (C=O) groups is 1. The molecule has 0 aromatic carbocycles. The largest absolute Gasteiger partial charge is 0.444 e. The molecule has 0 saturated heterocycles. The van der Waals surface area contributed by atoms with Crippen LogP contribution in [0.3, 0.4) is 0 Å². The molecule has 0 saturated carbocycles. The molecular weight excluding hydrogens is 182 g/mol. The van der Waals surface area contributed by atoms with Crippen LogP contribution in [-0.4, -0.2) is 31.5 Å². The first-order chi connectivity index (χ1) is 6.39. The molecule has 0 aromatic heterocycles. The Morgan fingerprint density at radius 1 is 1.57 bits per heavy atom. The summed E-state index contributed by atoms with van der Waals surface area (Å²) in [6, 6.07) is 0. The zero-order valence-corrected chi connectivity index (χ0v) is 9.09. The van der Waals surface area contributed by atoms with Gasteiger partial charge in [0.15, 0.2) is 0 Å². The van der Waals surface area contributed by atoms with Gasteiger partial charge in [-0.05, 0) is 20.8 Å². The van der Waals surface area contributed by atoms with Crippen molar-refractivity contribution in [1.29, 1.82) is 0 Å². The Balaban J connectivity index is 3.81. The van der Waals surface area contributed by atoms with E-state index in [0.717, 1.165) is 0 Å². The maximum Gasteiger partial charge on any atom is 0.407 e. The number of ether oxygens (including phenoxy) is 2. The lowest BCUT2D eigenvalue weighted by atomic mass is 10.2. The Hall–Kier alpha value is -1.21. The first kappa shape index (κ1) is 12.8. The molecule has 4 nitrogen and oxygen atoms in total. The van der Waals surface area contributed by atoms with Gasteiger partial charge in [0.05, 0.1) is 6.54 Å². The molecule has 0 radical (unpaired) electrons. The number of terminal acetylenes is 1. The zero-order chi connectivity index (χ0) is 11.2. The summed E-state index contributed by atoms with van der Waals surface area (Å²) in [5, 5.41) is 2.51. The lowest BCUT2D eigenvalue weighted by Crippen LogP contribution is -2.37. The topological polar surface area (TPSA) is 47.6 Å². The highest BCUT2D eigenvalue weighted by molar-refractivity contribution is 5.67. The van der Waals surface area contributed by atoms with Crippen LogP contribution in [0.25, 0.3) is 0 Å². The average molecular weight is 199 g/mol. The third-order valence-corrected chi connectivity index (χ3v) is 1.30. The predicted octanol–water partition coefficient (Wildman–Crippen LogP) is 1.16. The molecular formula is C10H17NO3. The molecule has 80 valence electrons. The molecule has 0 fully saturated rings. The van der Waals surface area contributed by atoms with Crippen molar-refractivity contribution in [3.05, 3.63) is 0 Å². The fraction of sp³-hybridized carbons (Fsp3) is 0.700. The number of hydrogen-bond donors (Lipinski definition) is 1. The van der Waals surface area contributed by atoms with E-state index in [1.54, 1.807) is 20.8 Å². The molecule has 0 aliphatic rings. The average Bonchev–Trinajstić information content (AvgIpc) is 2.03. The highest BCUT2D eigenvalue weighted by Gasteiger charge is 2.16. The SMILES string of the molecule is C#CC(CNC(=O)OC(C)(C)C)OC. The number of nitrogens with one attached hydrogen (secondary N) is 1. The Bertz CT molecular complexity index is 225. The van der Waals surface area contributed by atoms with Crippen LogP contribution < -0.4 is 5.32 Å². The van der Waals surface area contributed by atoms with Crippen molar-refractivity contribution in [3.63, 3.8) is 0 Å². The van der Waals surface area contributed by atoms with Gasteiger partial charge < -0.3 is 14.8 Å². The number of hydrogen-bond acceptors (Lipinski definition) is 3. The van der Waals surface area contributed by atoms with Gasteiger partial charge in [-0.2, -0.15) is 0 Å². The summed E-state index contributed by atoms with van der Waals surface area (Å²) in [5.41, 5.74) is -0.497. The van der Waals surface area contributed by atoms with Crippen LogP contribution in [-0.2, 0) is 9.47 Å². The second-order valence-corrected chi connectivity index (χ2v) is 3.77. The minimum atomic E-state index is -0.497. The predicted molar refractivity (Wildman–Crippen MR) is 53.9 cm³/mol. The Kier molecular flexibility index (Phi) is 5.03. The van der Waals surface area contributed by atoms with E-state index in [1.807, 2.05) is 0 Å². The Morgan fingerprint density at radius 3 is 2.50 bits per heavy atom. The third-order valence-electron chi connectivity index (χ3n) is 1.30. The van der Waals surface area contributed by atoms with Crippen LogP contribution in [0.5, 0.6) is 0 Å². The molecule has 0 spiro atoms. The van der Waals surface area contributed by atoms with Crippen LogP contribution in [0.2, 0.25) is 0 Å². The minimum absolute atomic E-state index is 0.252. The van der Waals surface area contributed by atoms with E-state index in [9.17, 15) is 4.79 Å². The van der Waals surface area contributed by atoms with Gasteiger partial charge in [-0.15, -0.1) is 6.42 Å². The molecule has 0 rings (SSSR count). The zero-order valence-electron chi connectivity index (χ0n) is 9.09. The highest BCUT2D eigenvalue weighted by Crippen LogP contribution is 2.06. The van der Waals surface area contributed by atoms with Crippen molar-refractivity contribution in [3.8, 4) is 12.3 Å². The van der Waals surface area contributed by atoms with E-state index in [1.165, 1.54) is 7.11 Å². The van der Waals surface area contributed by atoms with Gasteiger partial charge in [0.25, 0.3) is 0 Å². The van der Waals surface area contributed by atoms with Crippen molar-refractivity contribution in [2.75, 3.05) is 13.7 Å². The van der Waals surface area contributed by atoms with Gasteiger partial charge in [0.2, 0.25) is 0 Å². The fourth-order valence-electron chi connectivity index (χ4n) is 0.701. The minimum Gasteiger partial charge on any atom is -0.444 e. The van der Waals surface area contributed by atoms with Crippen molar-refractivity contribution in [1.82, 2.24) is 5.32 Å². The number of carbonyl (C=O) groups excluding carboxylic acids is 1. The first-order valence-electron chi connectivity index (χ1n) is 4.35. The smallest absolute Gasteiger partial charge is 0.407 e. The van der Waals surface area contributed by atoms with Crippen molar-refractivity contribution >= 4 is 6.09 Å². The van der Waals surface area contributed by atoms with Gasteiger partial charge in [-0.3, -0.25) is 0 Å². The number of methoxy groups -OCH3 is 1. The lowest BCUT2D eigenvalue weighted by molar-refractivity contribution is 0.0493. The van der Waals surface area contributed by atoms with E-state index >= 15 is 0 Å². The van der Waals surface area contributed by atoms with Crippen LogP contribution >= 0.6 is 0 Å². The second kappa shape index (κ2) is 5.51. The third kappa shape index (κ3) is 6.32.